The summed E-state index contributed by atoms with van der Waals surface area (Å²) >= 11 is 5.87. The van der Waals surface area contributed by atoms with Crippen molar-refractivity contribution in [2.45, 2.75) is 44.2 Å². The van der Waals surface area contributed by atoms with Gasteiger partial charge in [-0.1, -0.05) is 25.4 Å². The van der Waals surface area contributed by atoms with Crippen molar-refractivity contribution in [3.63, 3.8) is 0 Å². The molecule has 0 aromatic heterocycles. The van der Waals surface area contributed by atoms with E-state index in [1.807, 2.05) is 13.8 Å². The van der Waals surface area contributed by atoms with Crippen molar-refractivity contribution >= 4 is 27.3 Å². The van der Waals surface area contributed by atoms with Crippen molar-refractivity contribution < 1.29 is 13.5 Å². The molecular formula is C13H19ClN2O3S. The maximum Gasteiger partial charge on any atom is 0.241 e. The van der Waals surface area contributed by atoms with Crippen LogP contribution in [-0.2, 0) is 10.0 Å². The minimum atomic E-state index is -3.68. The van der Waals surface area contributed by atoms with Crippen LogP contribution < -0.4 is 10.5 Å². The summed E-state index contributed by atoms with van der Waals surface area (Å²) in [6.07, 6.45) is -0.0828. The SMILES string of the molecule is Cc1cc(Cl)c(N)cc1S(=O)(=O)NC1CC(O)C1(C)C. The molecule has 112 valence electrons. The number of benzene rings is 1. The second-order valence-electron chi connectivity index (χ2n) is 5.89. The normalized spacial score (nSPS) is 25.2. The van der Waals surface area contributed by atoms with Crippen LogP contribution in [0.25, 0.3) is 0 Å². The van der Waals surface area contributed by atoms with E-state index in [0.717, 1.165) is 0 Å². The summed E-state index contributed by atoms with van der Waals surface area (Å²) in [5.74, 6) is 0. The van der Waals surface area contributed by atoms with Crippen LogP contribution in [0.15, 0.2) is 17.0 Å². The quantitative estimate of drug-likeness (QED) is 0.739. The number of hydrogen-bond donors (Lipinski definition) is 3. The highest BCUT2D eigenvalue weighted by Crippen LogP contribution is 2.41. The fourth-order valence-electron chi connectivity index (χ4n) is 2.31. The Morgan fingerprint density at radius 3 is 2.55 bits per heavy atom. The highest BCUT2D eigenvalue weighted by Gasteiger charge is 2.49. The third kappa shape index (κ3) is 2.53. The van der Waals surface area contributed by atoms with Gasteiger partial charge < -0.3 is 10.8 Å². The molecule has 5 nitrogen and oxygen atoms in total. The van der Waals surface area contributed by atoms with Crippen LogP contribution >= 0.6 is 11.6 Å². The second kappa shape index (κ2) is 4.87. The van der Waals surface area contributed by atoms with Gasteiger partial charge in [0.05, 0.1) is 21.7 Å². The van der Waals surface area contributed by atoms with Gasteiger partial charge in [0.1, 0.15) is 0 Å². The molecule has 20 heavy (non-hydrogen) atoms. The molecule has 4 N–H and O–H groups in total. The fourth-order valence-corrected chi connectivity index (χ4v) is 4.20. The number of aryl methyl sites for hydroxylation is 1. The molecule has 0 heterocycles. The molecule has 0 radical (unpaired) electrons. The van der Waals surface area contributed by atoms with Crippen molar-refractivity contribution in [2.75, 3.05) is 5.73 Å². The maximum absolute atomic E-state index is 12.4. The van der Waals surface area contributed by atoms with Gasteiger partial charge in [0.25, 0.3) is 0 Å². The van der Waals surface area contributed by atoms with Gasteiger partial charge in [-0.25, -0.2) is 13.1 Å². The minimum Gasteiger partial charge on any atom is -0.397 e. The molecule has 0 aliphatic heterocycles. The van der Waals surface area contributed by atoms with E-state index in [4.69, 9.17) is 17.3 Å². The van der Waals surface area contributed by atoms with E-state index in [9.17, 15) is 13.5 Å². The van der Waals surface area contributed by atoms with Gasteiger partial charge >= 0.3 is 0 Å². The highest BCUT2D eigenvalue weighted by molar-refractivity contribution is 7.89. The summed E-state index contributed by atoms with van der Waals surface area (Å²) in [5.41, 5.74) is 5.97. The van der Waals surface area contributed by atoms with Crippen LogP contribution in [0.3, 0.4) is 0 Å². The zero-order chi connectivity index (χ0) is 15.3. The zero-order valence-electron chi connectivity index (χ0n) is 11.6. The Bertz CT molecular complexity index is 643. The predicted octanol–water partition coefficient (Wildman–Crippen LogP) is 1.67. The summed E-state index contributed by atoms with van der Waals surface area (Å²) in [5, 5.41) is 10.0. The summed E-state index contributed by atoms with van der Waals surface area (Å²) in [4.78, 5) is 0.122. The number of halogens is 1. The summed E-state index contributed by atoms with van der Waals surface area (Å²) in [7, 11) is -3.68. The zero-order valence-corrected chi connectivity index (χ0v) is 13.2. The predicted molar refractivity (Wildman–Crippen MR) is 79.1 cm³/mol. The van der Waals surface area contributed by atoms with Crippen LogP contribution in [0.2, 0.25) is 5.02 Å². The Labute approximate surface area is 124 Å². The fraction of sp³-hybridized carbons (Fsp3) is 0.538. The van der Waals surface area contributed by atoms with Crippen LogP contribution in [-0.4, -0.2) is 25.7 Å². The average Bonchev–Trinajstić information content (AvgIpc) is 2.33. The molecule has 2 unspecified atom stereocenters. The standard InChI is InChI=1S/C13H19ClN2O3S/c1-7-4-8(14)9(15)5-10(7)20(18,19)16-11-6-12(17)13(11,2)3/h4-5,11-12,16-17H,6,15H2,1-3H3. The maximum atomic E-state index is 12.4. The first-order valence-corrected chi connectivity index (χ1v) is 8.18. The van der Waals surface area contributed by atoms with Gasteiger partial charge in [-0.3, -0.25) is 0 Å². The Balaban J connectivity index is 2.31. The van der Waals surface area contributed by atoms with Crippen molar-refractivity contribution in [1.29, 1.82) is 0 Å². The summed E-state index contributed by atoms with van der Waals surface area (Å²) < 4.78 is 27.5. The lowest BCUT2D eigenvalue weighted by atomic mass is 9.65. The first kappa shape index (κ1) is 15.6. The Morgan fingerprint density at radius 2 is 2.05 bits per heavy atom. The number of sulfonamides is 1. The number of rotatable bonds is 3. The average molecular weight is 319 g/mol. The van der Waals surface area contributed by atoms with Crippen LogP contribution in [0.1, 0.15) is 25.8 Å². The summed E-state index contributed by atoms with van der Waals surface area (Å²) in [6.45, 7) is 5.33. The molecule has 1 aromatic rings. The van der Waals surface area contributed by atoms with Gasteiger partial charge in [0.2, 0.25) is 10.0 Å². The molecule has 1 aliphatic carbocycles. The van der Waals surface area contributed by atoms with E-state index in [2.05, 4.69) is 4.72 Å². The van der Waals surface area contributed by atoms with Crippen molar-refractivity contribution in [1.82, 2.24) is 4.72 Å². The number of nitrogen functional groups attached to an aromatic ring is 1. The van der Waals surface area contributed by atoms with E-state index >= 15 is 0 Å². The second-order valence-corrected chi connectivity index (χ2v) is 7.98. The number of nitrogens with one attached hydrogen (secondary N) is 1. The van der Waals surface area contributed by atoms with Gasteiger partial charge in [-0.15, -0.1) is 0 Å². The number of anilines is 1. The molecule has 7 heteroatoms. The molecule has 1 aliphatic rings. The van der Waals surface area contributed by atoms with Crippen LogP contribution in [0, 0.1) is 12.3 Å². The van der Waals surface area contributed by atoms with E-state index in [0.29, 0.717) is 17.0 Å². The number of nitrogens with two attached hydrogens (primary N) is 1. The van der Waals surface area contributed by atoms with Gasteiger partial charge in [-0.2, -0.15) is 0 Å². The van der Waals surface area contributed by atoms with E-state index in [1.165, 1.54) is 12.1 Å². The van der Waals surface area contributed by atoms with Crippen LogP contribution in [0.4, 0.5) is 5.69 Å². The van der Waals surface area contributed by atoms with Crippen molar-refractivity contribution in [3.8, 4) is 0 Å². The lowest BCUT2D eigenvalue weighted by Crippen LogP contribution is -2.61. The largest absolute Gasteiger partial charge is 0.397 e. The molecule has 1 saturated carbocycles. The van der Waals surface area contributed by atoms with Gasteiger partial charge in [0, 0.05) is 11.5 Å². The van der Waals surface area contributed by atoms with E-state index in [-0.39, 0.29) is 16.6 Å². The van der Waals surface area contributed by atoms with Gasteiger partial charge in [-0.05, 0) is 31.0 Å². The Hall–Kier alpha value is -0.820. The molecule has 2 atom stereocenters. The lowest BCUT2D eigenvalue weighted by Gasteiger charge is -2.49. The third-order valence-corrected chi connectivity index (χ3v) is 6.04. The Morgan fingerprint density at radius 1 is 1.45 bits per heavy atom. The van der Waals surface area contributed by atoms with Crippen LogP contribution in [0.5, 0.6) is 0 Å². The topological polar surface area (TPSA) is 92.4 Å². The number of aliphatic hydroxyl groups excluding tert-OH is 1. The molecule has 0 amide bonds. The number of hydrogen-bond acceptors (Lipinski definition) is 4. The highest BCUT2D eigenvalue weighted by atomic mass is 35.5. The molecule has 0 spiro atoms. The molecule has 1 fully saturated rings. The molecule has 2 rings (SSSR count). The molecular weight excluding hydrogens is 300 g/mol. The smallest absolute Gasteiger partial charge is 0.241 e. The van der Waals surface area contributed by atoms with Crippen molar-refractivity contribution in [2.24, 2.45) is 5.41 Å². The molecule has 0 saturated heterocycles. The van der Waals surface area contributed by atoms with E-state index < -0.39 is 21.5 Å². The Kier molecular flexibility index (Phi) is 3.79. The molecule has 1 aromatic carbocycles. The number of aliphatic hydroxyl groups is 1. The minimum absolute atomic E-state index is 0.122. The lowest BCUT2D eigenvalue weighted by molar-refractivity contribution is -0.0645. The molecule has 0 bridgehead atoms. The van der Waals surface area contributed by atoms with Crippen molar-refractivity contribution in [3.05, 3.63) is 22.7 Å². The monoisotopic (exact) mass is 318 g/mol. The third-order valence-electron chi connectivity index (χ3n) is 4.10. The first-order chi connectivity index (χ1) is 9.05. The van der Waals surface area contributed by atoms with E-state index in [1.54, 1.807) is 6.92 Å². The first-order valence-electron chi connectivity index (χ1n) is 6.31. The summed E-state index contributed by atoms with van der Waals surface area (Å²) in [6, 6.07) is 2.60. The van der Waals surface area contributed by atoms with Gasteiger partial charge in [0.15, 0.2) is 0 Å².